The van der Waals surface area contributed by atoms with Gasteiger partial charge in [0.15, 0.2) is 5.16 Å². The van der Waals surface area contributed by atoms with Gasteiger partial charge in [0.05, 0.1) is 4.90 Å². The number of hydrogen-bond donors (Lipinski definition) is 1. The number of sulfonamides is 1. The molecule has 3 aromatic rings. The van der Waals surface area contributed by atoms with Gasteiger partial charge in [0.25, 0.3) is 16.0 Å². The maximum Gasteiger partial charge on any atom is 0.264 e. The van der Waals surface area contributed by atoms with E-state index in [1.165, 1.54) is 16.4 Å². The summed E-state index contributed by atoms with van der Waals surface area (Å²) in [6.45, 7) is 0. The Balaban J connectivity index is 2.04. The second kappa shape index (κ2) is 5.58. The lowest BCUT2D eigenvalue weighted by atomic mass is 10.2. The molecular formula is C13H13N5O2S2. The van der Waals surface area contributed by atoms with Crippen LogP contribution in [0.25, 0.3) is 10.8 Å². The smallest absolute Gasteiger partial charge is 0.264 e. The number of nitrogens with zero attached hydrogens (tertiary/aromatic N) is 4. The van der Waals surface area contributed by atoms with Crippen molar-refractivity contribution in [3.05, 3.63) is 36.7 Å². The van der Waals surface area contributed by atoms with Crippen LogP contribution in [0.4, 0.5) is 5.95 Å². The average Bonchev–Trinajstić information content (AvgIpc) is 2.85. The first-order valence-corrected chi connectivity index (χ1v) is 9.02. The Kier molecular flexibility index (Phi) is 3.75. The summed E-state index contributed by atoms with van der Waals surface area (Å²) in [5.74, 6) is 0.0536. The Morgan fingerprint density at radius 3 is 2.82 bits per heavy atom. The number of aromatic nitrogens is 4. The molecule has 0 amide bonds. The van der Waals surface area contributed by atoms with Gasteiger partial charge in [0.2, 0.25) is 0 Å². The third-order valence-corrected chi connectivity index (χ3v) is 5.17. The van der Waals surface area contributed by atoms with Crippen LogP contribution in [0.3, 0.4) is 0 Å². The van der Waals surface area contributed by atoms with Gasteiger partial charge < -0.3 is 0 Å². The van der Waals surface area contributed by atoms with Crippen molar-refractivity contribution in [2.24, 2.45) is 7.05 Å². The van der Waals surface area contributed by atoms with Crippen molar-refractivity contribution in [1.82, 2.24) is 19.7 Å². The highest BCUT2D eigenvalue weighted by Crippen LogP contribution is 2.24. The fourth-order valence-corrected chi connectivity index (χ4v) is 3.75. The summed E-state index contributed by atoms with van der Waals surface area (Å²) in [6, 6.07) is 6.70. The molecule has 0 saturated carbocycles. The molecule has 1 aromatic carbocycles. The van der Waals surface area contributed by atoms with Gasteiger partial charge in [-0.3, -0.25) is 4.98 Å². The van der Waals surface area contributed by atoms with Crippen LogP contribution < -0.4 is 4.72 Å². The van der Waals surface area contributed by atoms with Gasteiger partial charge in [0, 0.05) is 30.2 Å². The maximum absolute atomic E-state index is 12.6. The third-order valence-electron chi connectivity index (χ3n) is 3.06. The molecule has 22 heavy (non-hydrogen) atoms. The van der Waals surface area contributed by atoms with Gasteiger partial charge in [-0.1, -0.05) is 23.9 Å². The van der Waals surface area contributed by atoms with Crippen molar-refractivity contribution in [2.45, 2.75) is 10.1 Å². The summed E-state index contributed by atoms with van der Waals surface area (Å²) < 4.78 is 29.1. The van der Waals surface area contributed by atoms with E-state index < -0.39 is 10.0 Å². The molecule has 7 nitrogen and oxygen atoms in total. The first-order valence-electron chi connectivity index (χ1n) is 6.32. The minimum absolute atomic E-state index is 0.0536. The van der Waals surface area contributed by atoms with Crippen LogP contribution in [-0.2, 0) is 17.1 Å². The van der Waals surface area contributed by atoms with E-state index in [0.717, 1.165) is 5.39 Å². The topological polar surface area (TPSA) is 89.8 Å². The SMILES string of the molecule is CSc1nc(NS(=O)(=O)c2cccc3cnccc23)nn1C. The lowest BCUT2D eigenvalue weighted by molar-refractivity contribution is 0.601. The number of hydrogen-bond acceptors (Lipinski definition) is 6. The normalized spacial score (nSPS) is 11.7. The van der Waals surface area contributed by atoms with Crippen molar-refractivity contribution in [2.75, 3.05) is 11.0 Å². The second-order valence-corrected chi connectivity index (χ2v) is 6.93. The summed E-state index contributed by atoms with van der Waals surface area (Å²) in [4.78, 5) is 8.30. The van der Waals surface area contributed by atoms with Crippen molar-refractivity contribution in [1.29, 1.82) is 0 Å². The number of aryl methyl sites for hydroxylation is 1. The van der Waals surface area contributed by atoms with E-state index in [2.05, 4.69) is 19.8 Å². The lowest BCUT2D eigenvalue weighted by Crippen LogP contribution is -2.14. The fraction of sp³-hybridized carbons (Fsp3) is 0.154. The zero-order valence-electron chi connectivity index (χ0n) is 11.9. The van der Waals surface area contributed by atoms with Crippen LogP contribution in [0.5, 0.6) is 0 Å². The molecule has 0 radical (unpaired) electrons. The summed E-state index contributed by atoms with van der Waals surface area (Å²) in [7, 11) is -2.07. The number of nitrogens with one attached hydrogen (secondary N) is 1. The maximum atomic E-state index is 12.6. The molecule has 0 aliphatic heterocycles. The molecule has 0 aliphatic rings. The summed E-state index contributed by atoms with van der Waals surface area (Å²) >= 11 is 1.39. The molecule has 0 unspecified atom stereocenters. The quantitative estimate of drug-likeness (QED) is 0.732. The summed E-state index contributed by atoms with van der Waals surface area (Å²) in [6.07, 6.45) is 5.03. The van der Waals surface area contributed by atoms with Crippen molar-refractivity contribution >= 4 is 38.5 Å². The summed E-state index contributed by atoms with van der Waals surface area (Å²) in [5.41, 5.74) is 0. The molecule has 0 fully saturated rings. The number of thioether (sulfide) groups is 1. The molecule has 2 heterocycles. The monoisotopic (exact) mass is 335 g/mol. The van der Waals surface area contributed by atoms with Crippen molar-refractivity contribution in [3.63, 3.8) is 0 Å². The number of fused-ring (bicyclic) bond motifs is 1. The van der Waals surface area contributed by atoms with Gasteiger partial charge in [-0.2, -0.15) is 4.98 Å². The first-order chi connectivity index (χ1) is 10.5. The molecule has 1 N–H and O–H groups in total. The minimum Gasteiger partial charge on any atom is -0.264 e. The van der Waals surface area contributed by atoms with E-state index in [0.29, 0.717) is 10.5 Å². The molecule has 0 bridgehead atoms. The Labute approximate surface area is 131 Å². The minimum atomic E-state index is -3.78. The molecule has 0 spiro atoms. The van der Waals surface area contributed by atoms with Gasteiger partial charge in [0.1, 0.15) is 0 Å². The van der Waals surface area contributed by atoms with Gasteiger partial charge in [-0.05, 0) is 18.4 Å². The van der Waals surface area contributed by atoms with Crippen LogP contribution in [0.15, 0.2) is 46.7 Å². The molecule has 0 aliphatic carbocycles. The van der Waals surface area contributed by atoms with Crippen LogP contribution >= 0.6 is 11.8 Å². The van der Waals surface area contributed by atoms with E-state index in [4.69, 9.17) is 0 Å². The third kappa shape index (κ3) is 2.64. The van der Waals surface area contributed by atoms with E-state index in [1.54, 1.807) is 37.6 Å². The second-order valence-electron chi connectivity index (χ2n) is 4.50. The lowest BCUT2D eigenvalue weighted by Gasteiger charge is -2.07. The zero-order chi connectivity index (χ0) is 15.7. The highest BCUT2D eigenvalue weighted by atomic mass is 32.2. The van der Waals surface area contributed by atoms with Crippen molar-refractivity contribution in [3.8, 4) is 0 Å². The zero-order valence-corrected chi connectivity index (χ0v) is 13.5. The highest BCUT2D eigenvalue weighted by molar-refractivity contribution is 7.98. The largest absolute Gasteiger partial charge is 0.264 e. The van der Waals surface area contributed by atoms with E-state index >= 15 is 0 Å². The number of pyridine rings is 1. The van der Waals surface area contributed by atoms with Crippen LogP contribution in [-0.4, -0.2) is 34.4 Å². The van der Waals surface area contributed by atoms with Crippen LogP contribution in [0.2, 0.25) is 0 Å². The molecule has 0 atom stereocenters. The van der Waals surface area contributed by atoms with E-state index in [9.17, 15) is 8.42 Å². The van der Waals surface area contributed by atoms with Gasteiger partial charge in [-0.15, -0.1) is 5.10 Å². The standard InChI is InChI=1S/C13H13N5O2S2/c1-18-13(21-2)15-12(16-18)17-22(19,20)11-5-3-4-9-8-14-7-6-10(9)11/h3-8H,1-2H3,(H,16,17). The number of rotatable bonds is 4. The first kappa shape index (κ1) is 14.8. The average molecular weight is 335 g/mol. The Hall–Kier alpha value is -2.13. The van der Waals surface area contributed by atoms with E-state index in [-0.39, 0.29) is 10.8 Å². The van der Waals surface area contributed by atoms with Crippen molar-refractivity contribution < 1.29 is 8.42 Å². The number of benzene rings is 1. The van der Waals surface area contributed by atoms with Gasteiger partial charge in [-0.25, -0.2) is 17.8 Å². The molecule has 114 valence electrons. The molecule has 2 aromatic heterocycles. The van der Waals surface area contributed by atoms with Gasteiger partial charge >= 0.3 is 0 Å². The summed E-state index contributed by atoms with van der Waals surface area (Å²) in [5, 5.41) is 6.04. The Morgan fingerprint density at radius 2 is 2.09 bits per heavy atom. The predicted molar refractivity (Wildman–Crippen MR) is 85.3 cm³/mol. The fourth-order valence-electron chi connectivity index (χ4n) is 2.09. The molecule has 0 saturated heterocycles. The van der Waals surface area contributed by atoms with E-state index in [1.807, 2.05) is 12.3 Å². The Bertz CT molecular complexity index is 931. The predicted octanol–water partition coefficient (Wildman–Crippen LogP) is 1.89. The Morgan fingerprint density at radius 1 is 1.27 bits per heavy atom. The highest BCUT2D eigenvalue weighted by Gasteiger charge is 2.20. The molecule has 9 heteroatoms. The molecular weight excluding hydrogens is 322 g/mol. The van der Waals surface area contributed by atoms with Crippen LogP contribution in [0, 0.1) is 0 Å². The van der Waals surface area contributed by atoms with Crippen LogP contribution in [0.1, 0.15) is 0 Å². The number of anilines is 1. The molecule has 3 rings (SSSR count).